The fourth-order valence-corrected chi connectivity index (χ4v) is 1.16. The summed E-state index contributed by atoms with van der Waals surface area (Å²) in [5, 5.41) is 0.789. The summed E-state index contributed by atoms with van der Waals surface area (Å²) in [6, 6.07) is 7.44. The second-order valence-corrected chi connectivity index (χ2v) is 2.52. The molecule has 50 valence electrons. The van der Waals surface area contributed by atoms with Gasteiger partial charge in [-0.15, -0.1) is 0 Å². The van der Waals surface area contributed by atoms with E-state index in [-0.39, 0.29) is 8.46 Å². The smallest absolute Gasteiger partial charge is 0.192 e. The predicted octanol–water partition coefficient (Wildman–Crippen LogP) is 2.25. The largest absolute Gasteiger partial charge is 0.269 e. The highest BCUT2D eigenvalue weighted by Gasteiger charge is 1.93. The molecule has 0 fully saturated rings. The van der Waals surface area contributed by atoms with E-state index in [1.165, 1.54) is 0 Å². The van der Waals surface area contributed by atoms with Crippen LogP contribution in [0, 0.1) is 0 Å². The van der Waals surface area contributed by atoms with E-state index in [2.05, 4.69) is 6.58 Å². The maximum Gasteiger partial charge on any atom is 0.192 e. The lowest BCUT2D eigenvalue weighted by Gasteiger charge is -1.93. The molecular formula is C8H7OP. The molecule has 0 atom stereocenters. The van der Waals surface area contributed by atoms with Crippen LogP contribution < -0.4 is 5.30 Å². The van der Waals surface area contributed by atoms with Gasteiger partial charge in [-0.1, -0.05) is 30.9 Å². The lowest BCUT2D eigenvalue weighted by molar-refractivity contribution is 0.603. The van der Waals surface area contributed by atoms with Crippen LogP contribution in [-0.4, -0.2) is 0 Å². The van der Waals surface area contributed by atoms with Gasteiger partial charge in [0.05, 0.1) is 0 Å². The zero-order valence-corrected chi connectivity index (χ0v) is 6.34. The number of benzene rings is 1. The first-order valence-corrected chi connectivity index (χ1v) is 3.74. The van der Waals surface area contributed by atoms with Gasteiger partial charge in [-0.25, -0.2) is 0 Å². The predicted molar refractivity (Wildman–Crippen MR) is 43.8 cm³/mol. The fraction of sp³-hybridized carbons (Fsp3) is 0. The van der Waals surface area contributed by atoms with Crippen molar-refractivity contribution < 1.29 is 4.57 Å². The van der Waals surface area contributed by atoms with E-state index in [1.54, 1.807) is 6.08 Å². The van der Waals surface area contributed by atoms with Crippen molar-refractivity contribution in [2.24, 2.45) is 0 Å². The SMILES string of the molecule is C=Cc1ccccc1P=O. The maximum absolute atomic E-state index is 10.4. The van der Waals surface area contributed by atoms with E-state index in [1.807, 2.05) is 24.3 Å². The lowest BCUT2D eigenvalue weighted by atomic mass is 10.2. The standard InChI is InChI=1S/C8H7OP/c1-2-7-5-3-4-6-8(7)10-9/h2-6H,1H2. The van der Waals surface area contributed by atoms with Crippen molar-refractivity contribution in [1.29, 1.82) is 0 Å². The minimum absolute atomic E-state index is 0.0566. The molecule has 0 amide bonds. The molecule has 0 unspecified atom stereocenters. The van der Waals surface area contributed by atoms with Gasteiger partial charge in [0.2, 0.25) is 0 Å². The van der Waals surface area contributed by atoms with Crippen LogP contribution in [0.3, 0.4) is 0 Å². The molecule has 0 radical (unpaired) electrons. The van der Waals surface area contributed by atoms with Crippen LogP contribution in [0.2, 0.25) is 0 Å². The van der Waals surface area contributed by atoms with Crippen molar-refractivity contribution >= 4 is 19.8 Å². The van der Waals surface area contributed by atoms with Crippen LogP contribution in [0.4, 0.5) is 0 Å². The Bertz CT molecular complexity index is 228. The van der Waals surface area contributed by atoms with Gasteiger partial charge in [-0.2, -0.15) is 0 Å². The van der Waals surface area contributed by atoms with Crippen molar-refractivity contribution in [3.63, 3.8) is 0 Å². The summed E-state index contributed by atoms with van der Waals surface area (Å²) in [6.45, 7) is 3.60. The van der Waals surface area contributed by atoms with E-state index in [4.69, 9.17) is 0 Å². The zero-order chi connectivity index (χ0) is 7.40. The highest BCUT2D eigenvalue weighted by Crippen LogP contribution is 2.03. The van der Waals surface area contributed by atoms with Crippen LogP contribution in [0.1, 0.15) is 5.56 Å². The Kier molecular flexibility index (Phi) is 2.35. The third-order valence-electron chi connectivity index (χ3n) is 1.26. The molecule has 1 nitrogen and oxygen atoms in total. The number of rotatable bonds is 2. The van der Waals surface area contributed by atoms with Gasteiger partial charge in [0.25, 0.3) is 0 Å². The normalized spacial score (nSPS) is 9.60. The summed E-state index contributed by atoms with van der Waals surface area (Å²) in [6.07, 6.45) is 1.69. The molecule has 0 aliphatic rings. The molecule has 0 bridgehead atoms. The Morgan fingerprint density at radius 1 is 1.40 bits per heavy atom. The summed E-state index contributed by atoms with van der Waals surface area (Å²) >= 11 is 0. The second kappa shape index (κ2) is 3.28. The lowest BCUT2D eigenvalue weighted by Crippen LogP contribution is -1.94. The minimum Gasteiger partial charge on any atom is -0.269 e. The summed E-state index contributed by atoms with van der Waals surface area (Å²) in [5.74, 6) is 0. The Balaban J connectivity index is 3.20. The molecular weight excluding hydrogens is 143 g/mol. The Hall–Kier alpha value is -0.940. The van der Waals surface area contributed by atoms with E-state index < -0.39 is 0 Å². The number of hydrogen-bond acceptors (Lipinski definition) is 1. The third-order valence-corrected chi connectivity index (χ3v) is 1.86. The van der Waals surface area contributed by atoms with Gasteiger partial charge < -0.3 is 0 Å². The summed E-state index contributed by atoms with van der Waals surface area (Å²) < 4.78 is 10.4. The molecule has 1 rings (SSSR count). The minimum atomic E-state index is 0.0566. The van der Waals surface area contributed by atoms with E-state index in [9.17, 15) is 4.57 Å². The van der Waals surface area contributed by atoms with Crippen molar-refractivity contribution in [1.82, 2.24) is 0 Å². The van der Waals surface area contributed by atoms with Crippen LogP contribution in [0.25, 0.3) is 6.08 Å². The topological polar surface area (TPSA) is 17.1 Å². The van der Waals surface area contributed by atoms with Crippen molar-refractivity contribution in [2.75, 3.05) is 0 Å². The molecule has 0 aromatic heterocycles. The molecule has 1 aromatic rings. The first-order valence-electron chi connectivity index (χ1n) is 2.93. The molecule has 10 heavy (non-hydrogen) atoms. The molecule has 0 N–H and O–H groups in total. The zero-order valence-electron chi connectivity index (χ0n) is 5.45. The molecule has 0 heterocycles. The van der Waals surface area contributed by atoms with Crippen molar-refractivity contribution in [3.05, 3.63) is 36.4 Å². The molecule has 2 heteroatoms. The first kappa shape index (κ1) is 7.17. The van der Waals surface area contributed by atoms with Crippen LogP contribution >= 0.6 is 8.46 Å². The fourth-order valence-electron chi connectivity index (χ4n) is 0.743. The summed E-state index contributed by atoms with van der Waals surface area (Å²) in [5.41, 5.74) is 0.930. The molecule has 1 aromatic carbocycles. The average molecular weight is 150 g/mol. The Morgan fingerprint density at radius 3 is 2.60 bits per heavy atom. The van der Waals surface area contributed by atoms with Crippen molar-refractivity contribution in [3.8, 4) is 0 Å². The highest BCUT2D eigenvalue weighted by atomic mass is 31.1. The van der Waals surface area contributed by atoms with Crippen molar-refractivity contribution in [2.45, 2.75) is 0 Å². The second-order valence-electron chi connectivity index (χ2n) is 1.85. The van der Waals surface area contributed by atoms with Crippen LogP contribution in [-0.2, 0) is 4.57 Å². The van der Waals surface area contributed by atoms with Crippen LogP contribution in [0.5, 0.6) is 0 Å². The third kappa shape index (κ3) is 1.31. The summed E-state index contributed by atoms with van der Waals surface area (Å²) in [4.78, 5) is 0. The maximum atomic E-state index is 10.4. The quantitative estimate of drug-likeness (QED) is 0.591. The molecule has 0 aliphatic carbocycles. The van der Waals surface area contributed by atoms with Gasteiger partial charge in [0.1, 0.15) is 0 Å². The highest BCUT2D eigenvalue weighted by molar-refractivity contribution is 7.34. The molecule has 0 aliphatic heterocycles. The molecule has 0 saturated carbocycles. The van der Waals surface area contributed by atoms with Gasteiger partial charge in [-0.3, -0.25) is 4.57 Å². The van der Waals surface area contributed by atoms with Gasteiger partial charge in [-0.05, 0) is 11.6 Å². The van der Waals surface area contributed by atoms with Gasteiger partial charge >= 0.3 is 0 Å². The first-order chi connectivity index (χ1) is 4.88. The Labute approximate surface area is 61.6 Å². The monoisotopic (exact) mass is 150 g/mol. The van der Waals surface area contributed by atoms with E-state index >= 15 is 0 Å². The van der Waals surface area contributed by atoms with E-state index in [0.717, 1.165) is 10.9 Å². The van der Waals surface area contributed by atoms with E-state index in [0.29, 0.717) is 0 Å². The average Bonchev–Trinajstić information content (AvgIpc) is 2.04. The Morgan fingerprint density at radius 2 is 2.10 bits per heavy atom. The molecule has 0 saturated heterocycles. The number of hydrogen-bond donors (Lipinski definition) is 0. The van der Waals surface area contributed by atoms with Gasteiger partial charge in [0.15, 0.2) is 8.46 Å². The molecule has 0 spiro atoms. The summed E-state index contributed by atoms with van der Waals surface area (Å²) in [7, 11) is 0.0566. The van der Waals surface area contributed by atoms with Crippen LogP contribution in [0.15, 0.2) is 30.8 Å². The van der Waals surface area contributed by atoms with Gasteiger partial charge in [0, 0.05) is 5.30 Å².